The van der Waals surface area contributed by atoms with Crippen LogP contribution >= 0.6 is 0 Å². The van der Waals surface area contributed by atoms with Gasteiger partial charge in [-0.05, 0) is 36.7 Å². The van der Waals surface area contributed by atoms with Gasteiger partial charge in [-0.1, -0.05) is 58.0 Å². The van der Waals surface area contributed by atoms with Crippen molar-refractivity contribution in [3.63, 3.8) is 0 Å². The zero-order valence-electron chi connectivity index (χ0n) is 22.0. The summed E-state index contributed by atoms with van der Waals surface area (Å²) in [6.07, 6.45) is 0.588. The zero-order valence-corrected chi connectivity index (χ0v) is 22.0. The number of carboxylic acid groups (broad SMARTS) is 1. The molecule has 0 bridgehead atoms. The third-order valence-electron chi connectivity index (χ3n) is 5.62. The number of rotatable bonds is 16. The van der Waals surface area contributed by atoms with Crippen LogP contribution in [0.3, 0.4) is 0 Å². The zero-order chi connectivity index (χ0) is 28.1. The van der Waals surface area contributed by atoms with Gasteiger partial charge in [-0.15, -0.1) is 0 Å². The Kier molecular flexibility index (Phi) is 13.3. The Bertz CT molecular complexity index is 921. The summed E-state index contributed by atoms with van der Waals surface area (Å²) >= 11 is 0. The number of primary amides is 1. The normalized spacial score (nSPS) is 14.4. The Balaban J connectivity index is 2.98. The second-order valence-corrected chi connectivity index (χ2v) is 10.1. The van der Waals surface area contributed by atoms with Crippen molar-refractivity contribution in [3.05, 3.63) is 35.9 Å². The summed E-state index contributed by atoms with van der Waals surface area (Å²) in [6.45, 7) is 7.49. The minimum atomic E-state index is -1.19. The standard InChI is InChI=1S/C26H41N5O6/c1-15(2)12-19(29-23(33)18(27)10-11-22(28)32)24(34)30-20(13-16(3)4)25(35)31-21(26(36)37)14-17-8-6-5-7-9-17/h5-9,15-16,18-21H,10-14,27H2,1-4H3,(H2,28,32)(H,29,33)(H,30,34)(H,31,35)(H,36,37)/t18-,19-,20-,21-/m0/s1. The molecule has 4 amide bonds. The lowest BCUT2D eigenvalue weighted by Crippen LogP contribution is -2.57. The summed E-state index contributed by atoms with van der Waals surface area (Å²) in [7, 11) is 0. The fourth-order valence-electron chi connectivity index (χ4n) is 3.71. The predicted octanol–water partition coefficient (Wildman–Crippen LogP) is 0.453. The van der Waals surface area contributed by atoms with Crippen LogP contribution in [0.5, 0.6) is 0 Å². The first-order valence-electron chi connectivity index (χ1n) is 12.5. The SMILES string of the molecule is CC(C)C[C@H](NC(=O)[C@H](CC(C)C)NC(=O)[C@@H](N)CCC(N)=O)C(=O)N[C@@H](Cc1ccccc1)C(=O)O. The van der Waals surface area contributed by atoms with Crippen molar-refractivity contribution in [2.75, 3.05) is 0 Å². The van der Waals surface area contributed by atoms with Crippen LogP contribution in [0.25, 0.3) is 0 Å². The second-order valence-electron chi connectivity index (χ2n) is 10.1. The molecule has 4 atom stereocenters. The highest BCUT2D eigenvalue weighted by Gasteiger charge is 2.31. The molecule has 0 aliphatic rings. The van der Waals surface area contributed by atoms with Crippen LogP contribution in [0.4, 0.5) is 0 Å². The molecule has 1 aromatic rings. The highest BCUT2D eigenvalue weighted by molar-refractivity contribution is 5.94. The molecule has 0 fully saturated rings. The molecular formula is C26H41N5O6. The molecule has 0 aliphatic heterocycles. The van der Waals surface area contributed by atoms with Crippen LogP contribution < -0.4 is 27.4 Å². The fourth-order valence-corrected chi connectivity index (χ4v) is 3.71. The lowest BCUT2D eigenvalue weighted by molar-refractivity contribution is -0.142. The van der Waals surface area contributed by atoms with Crippen LogP contribution in [0, 0.1) is 11.8 Å². The van der Waals surface area contributed by atoms with Gasteiger partial charge in [0.25, 0.3) is 0 Å². The van der Waals surface area contributed by atoms with E-state index in [1.165, 1.54) is 0 Å². The Hall–Kier alpha value is -3.47. The Labute approximate surface area is 218 Å². The molecule has 0 unspecified atom stereocenters. The van der Waals surface area contributed by atoms with Crippen LogP contribution in [0.2, 0.25) is 0 Å². The molecule has 1 rings (SSSR count). The van der Waals surface area contributed by atoms with E-state index in [2.05, 4.69) is 16.0 Å². The highest BCUT2D eigenvalue weighted by atomic mass is 16.4. The number of carbonyl (C=O) groups excluding carboxylic acids is 4. The van der Waals surface area contributed by atoms with Crippen molar-refractivity contribution in [3.8, 4) is 0 Å². The lowest BCUT2D eigenvalue weighted by Gasteiger charge is -2.27. The molecule has 0 aromatic heterocycles. The average molecular weight is 520 g/mol. The van der Waals surface area contributed by atoms with Crippen LogP contribution in [-0.2, 0) is 30.4 Å². The van der Waals surface area contributed by atoms with Crippen molar-refractivity contribution in [2.24, 2.45) is 23.3 Å². The second kappa shape index (κ2) is 15.6. The summed E-state index contributed by atoms with van der Waals surface area (Å²) in [6, 6.07) is 4.69. The number of nitrogens with two attached hydrogens (primary N) is 2. The van der Waals surface area contributed by atoms with E-state index >= 15 is 0 Å². The van der Waals surface area contributed by atoms with Gasteiger partial charge in [-0.3, -0.25) is 19.2 Å². The molecule has 0 saturated carbocycles. The molecule has 0 radical (unpaired) electrons. The monoisotopic (exact) mass is 519 g/mol. The quantitative estimate of drug-likeness (QED) is 0.182. The summed E-state index contributed by atoms with van der Waals surface area (Å²) in [5.41, 5.74) is 11.7. The number of benzene rings is 1. The van der Waals surface area contributed by atoms with Gasteiger partial charge in [0.15, 0.2) is 0 Å². The molecule has 11 nitrogen and oxygen atoms in total. The third kappa shape index (κ3) is 12.4. The summed E-state index contributed by atoms with van der Waals surface area (Å²) in [5, 5.41) is 17.5. The van der Waals surface area contributed by atoms with Crippen molar-refractivity contribution >= 4 is 29.6 Å². The molecule has 206 valence electrons. The molecule has 0 aliphatic carbocycles. The number of hydrogen-bond donors (Lipinski definition) is 6. The molecule has 1 aromatic carbocycles. The minimum Gasteiger partial charge on any atom is -0.480 e. The lowest BCUT2D eigenvalue weighted by atomic mass is 9.99. The van der Waals surface area contributed by atoms with Crippen molar-refractivity contribution in [1.82, 2.24) is 16.0 Å². The Morgan fingerprint density at radius 3 is 1.68 bits per heavy atom. The first-order chi connectivity index (χ1) is 17.3. The topological polar surface area (TPSA) is 194 Å². The Morgan fingerprint density at radius 2 is 1.24 bits per heavy atom. The number of amides is 4. The maximum atomic E-state index is 13.2. The van der Waals surface area contributed by atoms with E-state index < -0.39 is 53.8 Å². The van der Waals surface area contributed by atoms with Gasteiger partial charge in [0.05, 0.1) is 6.04 Å². The number of carbonyl (C=O) groups is 5. The first-order valence-corrected chi connectivity index (χ1v) is 12.5. The van der Waals surface area contributed by atoms with Gasteiger partial charge in [0, 0.05) is 12.8 Å². The largest absolute Gasteiger partial charge is 0.480 e. The van der Waals surface area contributed by atoms with Gasteiger partial charge in [-0.2, -0.15) is 0 Å². The summed E-state index contributed by atoms with van der Waals surface area (Å²) < 4.78 is 0. The van der Waals surface area contributed by atoms with Gasteiger partial charge < -0.3 is 32.5 Å². The number of aliphatic carboxylic acids is 1. The third-order valence-corrected chi connectivity index (χ3v) is 5.62. The molecule has 0 saturated heterocycles. The van der Waals surface area contributed by atoms with Gasteiger partial charge in [0.2, 0.25) is 23.6 Å². The smallest absolute Gasteiger partial charge is 0.326 e. The molecule has 11 heteroatoms. The first kappa shape index (κ1) is 31.6. The van der Waals surface area contributed by atoms with E-state index in [0.717, 1.165) is 5.56 Å². The van der Waals surface area contributed by atoms with Crippen molar-refractivity contribution in [1.29, 1.82) is 0 Å². The molecule has 8 N–H and O–H groups in total. The maximum absolute atomic E-state index is 13.2. The van der Waals surface area contributed by atoms with E-state index in [9.17, 15) is 29.1 Å². The van der Waals surface area contributed by atoms with Crippen LogP contribution in [0.1, 0.15) is 58.9 Å². The number of nitrogens with one attached hydrogen (secondary N) is 3. The van der Waals surface area contributed by atoms with Gasteiger partial charge >= 0.3 is 5.97 Å². The maximum Gasteiger partial charge on any atom is 0.326 e. The fraction of sp³-hybridized carbons (Fsp3) is 0.577. The Morgan fingerprint density at radius 1 is 0.784 bits per heavy atom. The van der Waals surface area contributed by atoms with E-state index in [-0.39, 0.29) is 43.9 Å². The predicted molar refractivity (Wildman–Crippen MR) is 139 cm³/mol. The van der Waals surface area contributed by atoms with Crippen molar-refractivity contribution in [2.45, 2.75) is 84.0 Å². The summed E-state index contributed by atoms with van der Waals surface area (Å²) in [5.74, 6) is -3.57. The van der Waals surface area contributed by atoms with Gasteiger partial charge in [0.1, 0.15) is 18.1 Å². The molecule has 0 spiro atoms. The highest BCUT2D eigenvalue weighted by Crippen LogP contribution is 2.11. The molecular weight excluding hydrogens is 478 g/mol. The van der Waals surface area contributed by atoms with Gasteiger partial charge in [-0.25, -0.2) is 4.79 Å². The van der Waals surface area contributed by atoms with Crippen LogP contribution in [0.15, 0.2) is 30.3 Å². The number of carboxylic acids is 1. The van der Waals surface area contributed by atoms with E-state index in [4.69, 9.17) is 11.5 Å². The van der Waals surface area contributed by atoms with E-state index in [1.54, 1.807) is 24.3 Å². The average Bonchev–Trinajstić information content (AvgIpc) is 2.80. The molecule has 37 heavy (non-hydrogen) atoms. The van der Waals surface area contributed by atoms with E-state index in [0.29, 0.717) is 0 Å². The van der Waals surface area contributed by atoms with E-state index in [1.807, 2.05) is 33.8 Å². The summed E-state index contributed by atoms with van der Waals surface area (Å²) in [4.78, 5) is 61.6. The molecule has 0 heterocycles. The number of hydrogen-bond acceptors (Lipinski definition) is 6. The van der Waals surface area contributed by atoms with Crippen molar-refractivity contribution < 1.29 is 29.1 Å². The van der Waals surface area contributed by atoms with Crippen LogP contribution in [-0.4, -0.2) is 58.9 Å². The minimum absolute atomic E-state index is 0.00816.